The molecule has 6 nitrogen and oxygen atoms in total. The normalized spacial score (nSPS) is 11.4. The van der Waals surface area contributed by atoms with Crippen molar-refractivity contribution >= 4 is 23.2 Å². The van der Waals surface area contributed by atoms with Gasteiger partial charge in [0, 0.05) is 16.8 Å². The van der Waals surface area contributed by atoms with E-state index in [1.54, 1.807) is 44.2 Å². The van der Waals surface area contributed by atoms with E-state index in [0.29, 0.717) is 22.2 Å². The van der Waals surface area contributed by atoms with Crippen LogP contribution in [-0.4, -0.2) is 15.7 Å². The lowest BCUT2D eigenvalue weighted by molar-refractivity contribution is -0.123. The number of aromatic nitrogens is 2. The molecule has 0 radical (unpaired) electrons. The summed E-state index contributed by atoms with van der Waals surface area (Å²) in [5.74, 6) is 0.129. The zero-order valence-corrected chi connectivity index (χ0v) is 15.4. The highest BCUT2D eigenvalue weighted by atomic mass is 35.5. The number of halogens is 1. The second kappa shape index (κ2) is 6.80. The fourth-order valence-electron chi connectivity index (χ4n) is 2.42. The second-order valence-electron chi connectivity index (χ2n) is 6.42. The van der Waals surface area contributed by atoms with Gasteiger partial charge in [0.15, 0.2) is 5.76 Å². The zero-order valence-electron chi connectivity index (χ0n) is 14.6. The van der Waals surface area contributed by atoms with Crippen molar-refractivity contribution in [2.75, 3.05) is 5.32 Å². The number of carbonyl (C=O) groups excluding carboxylic acids is 1. The lowest BCUT2D eigenvalue weighted by Crippen LogP contribution is -2.47. The topological polar surface area (TPSA) is 77.1 Å². The molecule has 2 aromatic heterocycles. The summed E-state index contributed by atoms with van der Waals surface area (Å²) < 4.78 is 6.46. The molecule has 1 N–H and O–H groups in total. The minimum atomic E-state index is -1.23. The molecular formula is C19H18ClN3O3. The van der Waals surface area contributed by atoms with E-state index >= 15 is 0 Å². The molecule has 0 unspecified atom stereocenters. The molecule has 1 aromatic carbocycles. The average molecular weight is 372 g/mol. The third-order valence-electron chi connectivity index (χ3n) is 4.09. The van der Waals surface area contributed by atoms with Gasteiger partial charge in [-0.05, 0) is 56.7 Å². The van der Waals surface area contributed by atoms with Crippen LogP contribution in [-0.2, 0) is 10.3 Å². The molecule has 0 fully saturated rings. The van der Waals surface area contributed by atoms with Crippen LogP contribution in [0.25, 0.3) is 11.5 Å². The van der Waals surface area contributed by atoms with Gasteiger partial charge in [0.1, 0.15) is 11.2 Å². The first kappa shape index (κ1) is 17.9. The highest BCUT2D eigenvalue weighted by Gasteiger charge is 2.32. The summed E-state index contributed by atoms with van der Waals surface area (Å²) in [6, 6.07) is 11.6. The Bertz CT molecular complexity index is 1010. The first-order valence-corrected chi connectivity index (χ1v) is 8.39. The van der Waals surface area contributed by atoms with E-state index in [1.807, 2.05) is 13.0 Å². The van der Waals surface area contributed by atoms with Crippen LogP contribution in [0.4, 0.5) is 5.69 Å². The van der Waals surface area contributed by atoms with Crippen molar-refractivity contribution < 1.29 is 9.21 Å². The number of carbonyl (C=O) groups is 1. The van der Waals surface area contributed by atoms with E-state index in [0.717, 1.165) is 10.2 Å². The summed E-state index contributed by atoms with van der Waals surface area (Å²) in [7, 11) is 0. The fourth-order valence-corrected chi connectivity index (χ4v) is 2.60. The van der Waals surface area contributed by atoms with Gasteiger partial charge >= 0.3 is 0 Å². The lowest BCUT2D eigenvalue weighted by atomic mass is 10.0. The van der Waals surface area contributed by atoms with Crippen LogP contribution in [0.1, 0.15) is 19.4 Å². The molecule has 0 saturated heterocycles. The maximum atomic E-state index is 12.8. The van der Waals surface area contributed by atoms with E-state index in [2.05, 4.69) is 10.4 Å². The number of anilines is 1. The number of amides is 1. The smallest absolute Gasteiger partial charge is 0.267 e. The number of nitrogens with zero attached hydrogens (tertiary/aromatic N) is 2. The second-order valence-corrected chi connectivity index (χ2v) is 6.83. The molecule has 0 aliphatic heterocycles. The SMILES string of the molecule is Cc1ccc(NC(=O)C(C)(C)n2nc(-c3ccco3)ccc2=O)cc1Cl. The molecule has 0 aliphatic carbocycles. The first-order chi connectivity index (χ1) is 12.3. The maximum Gasteiger partial charge on any atom is 0.267 e. The van der Waals surface area contributed by atoms with Gasteiger partial charge in [-0.25, -0.2) is 4.68 Å². The summed E-state index contributed by atoms with van der Waals surface area (Å²) in [5, 5.41) is 7.64. The van der Waals surface area contributed by atoms with Crippen molar-refractivity contribution in [2.45, 2.75) is 26.3 Å². The quantitative estimate of drug-likeness (QED) is 0.755. The van der Waals surface area contributed by atoms with Crippen molar-refractivity contribution in [1.82, 2.24) is 9.78 Å². The Morgan fingerprint density at radius 3 is 2.65 bits per heavy atom. The predicted molar refractivity (Wildman–Crippen MR) is 100 cm³/mol. The molecule has 3 aromatic rings. The lowest BCUT2D eigenvalue weighted by Gasteiger charge is -2.25. The van der Waals surface area contributed by atoms with E-state index in [1.165, 1.54) is 12.3 Å². The Hall–Kier alpha value is -2.86. The Balaban J connectivity index is 1.93. The Kier molecular flexibility index (Phi) is 4.70. The fraction of sp³-hybridized carbons (Fsp3) is 0.211. The van der Waals surface area contributed by atoms with Gasteiger partial charge < -0.3 is 9.73 Å². The number of furan rings is 1. The van der Waals surface area contributed by atoms with Crippen LogP contribution in [0, 0.1) is 6.92 Å². The van der Waals surface area contributed by atoms with Crippen LogP contribution in [0.15, 0.2) is 57.9 Å². The van der Waals surface area contributed by atoms with Crippen LogP contribution < -0.4 is 10.9 Å². The molecule has 0 atom stereocenters. The average Bonchev–Trinajstić information content (AvgIpc) is 3.13. The standard InChI is InChI=1S/C19H18ClN3O3/c1-12-6-7-13(11-14(12)20)21-18(25)19(2,3)23-17(24)9-8-15(22-23)16-5-4-10-26-16/h4-11H,1-3H3,(H,21,25). The van der Waals surface area contributed by atoms with Crippen LogP contribution in [0.5, 0.6) is 0 Å². The van der Waals surface area contributed by atoms with Gasteiger partial charge in [-0.2, -0.15) is 5.10 Å². The number of aryl methyl sites for hydroxylation is 1. The summed E-state index contributed by atoms with van der Waals surface area (Å²) in [4.78, 5) is 25.1. The van der Waals surface area contributed by atoms with Crippen LogP contribution in [0.3, 0.4) is 0 Å². The molecule has 2 heterocycles. The molecule has 0 bridgehead atoms. The Labute approximate surface area is 155 Å². The number of hydrogen-bond donors (Lipinski definition) is 1. The third-order valence-corrected chi connectivity index (χ3v) is 4.50. The summed E-state index contributed by atoms with van der Waals surface area (Å²) in [6.45, 7) is 5.12. The summed E-state index contributed by atoms with van der Waals surface area (Å²) >= 11 is 6.10. The van der Waals surface area contributed by atoms with Gasteiger partial charge in [0.2, 0.25) is 0 Å². The van der Waals surface area contributed by atoms with E-state index < -0.39 is 5.54 Å². The van der Waals surface area contributed by atoms with Gasteiger partial charge in [-0.3, -0.25) is 9.59 Å². The van der Waals surface area contributed by atoms with Crippen molar-refractivity contribution in [3.8, 4) is 11.5 Å². The monoisotopic (exact) mass is 371 g/mol. The van der Waals surface area contributed by atoms with E-state index in [4.69, 9.17) is 16.0 Å². The van der Waals surface area contributed by atoms with Gasteiger partial charge in [-0.15, -0.1) is 0 Å². The molecule has 0 spiro atoms. The summed E-state index contributed by atoms with van der Waals surface area (Å²) in [5.41, 5.74) is 0.315. The number of hydrogen-bond acceptors (Lipinski definition) is 4. The van der Waals surface area contributed by atoms with Gasteiger partial charge in [0.05, 0.1) is 6.26 Å². The van der Waals surface area contributed by atoms with Crippen molar-refractivity contribution in [2.24, 2.45) is 0 Å². The predicted octanol–water partition coefficient (Wildman–Crippen LogP) is 3.84. The largest absolute Gasteiger partial charge is 0.463 e. The van der Waals surface area contributed by atoms with Crippen LogP contribution in [0.2, 0.25) is 5.02 Å². The Morgan fingerprint density at radius 2 is 2.00 bits per heavy atom. The molecule has 0 saturated carbocycles. The van der Waals surface area contributed by atoms with Gasteiger partial charge in [0.25, 0.3) is 11.5 Å². The van der Waals surface area contributed by atoms with E-state index in [-0.39, 0.29) is 11.5 Å². The molecule has 7 heteroatoms. The highest BCUT2D eigenvalue weighted by molar-refractivity contribution is 6.31. The molecule has 3 rings (SSSR count). The Morgan fingerprint density at radius 1 is 1.23 bits per heavy atom. The van der Waals surface area contributed by atoms with Crippen LogP contribution >= 0.6 is 11.6 Å². The van der Waals surface area contributed by atoms with Crippen molar-refractivity contribution in [3.63, 3.8) is 0 Å². The number of nitrogens with one attached hydrogen (secondary N) is 1. The van der Waals surface area contributed by atoms with Gasteiger partial charge in [-0.1, -0.05) is 17.7 Å². The molecule has 26 heavy (non-hydrogen) atoms. The maximum absolute atomic E-state index is 12.8. The third kappa shape index (κ3) is 3.41. The number of benzene rings is 1. The van der Waals surface area contributed by atoms with E-state index in [9.17, 15) is 9.59 Å². The number of rotatable bonds is 4. The zero-order chi connectivity index (χ0) is 18.9. The minimum Gasteiger partial charge on any atom is -0.463 e. The molecule has 1 amide bonds. The first-order valence-electron chi connectivity index (χ1n) is 8.01. The molecule has 134 valence electrons. The summed E-state index contributed by atoms with van der Waals surface area (Å²) in [6.07, 6.45) is 1.52. The molecular weight excluding hydrogens is 354 g/mol. The van der Waals surface area contributed by atoms with Crippen molar-refractivity contribution in [1.29, 1.82) is 0 Å². The highest BCUT2D eigenvalue weighted by Crippen LogP contribution is 2.23. The molecule has 0 aliphatic rings. The van der Waals surface area contributed by atoms with Crippen molar-refractivity contribution in [3.05, 3.63) is 69.7 Å². The minimum absolute atomic E-state index is 0.386.